The van der Waals surface area contributed by atoms with Gasteiger partial charge in [-0.2, -0.15) is 0 Å². The zero-order valence-corrected chi connectivity index (χ0v) is 7.95. The van der Waals surface area contributed by atoms with Gasteiger partial charge in [0.2, 0.25) is 0 Å². The van der Waals surface area contributed by atoms with Gasteiger partial charge in [-0.25, -0.2) is 0 Å². The second kappa shape index (κ2) is 3.57. The quantitative estimate of drug-likeness (QED) is 0.744. The van der Waals surface area contributed by atoms with Crippen LogP contribution in [-0.2, 0) is 0 Å². The summed E-state index contributed by atoms with van der Waals surface area (Å²) in [4.78, 5) is 0. The van der Waals surface area contributed by atoms with E-state index in [2.05, 4.69) is 27.6 Å². The molecule has 71 valence electrons. The fourth-order valence-corrected chi connectivity index (χ4v) is 1.33. The Bertz CT molecular complexity index is 288. The highest BCUT2D eigenvalue weighted by Crippen LogP contribution is 2.26. The van der Waals surface area contributed by atoms with E-state index in [1.54, 1.807) is 6.07 Å². The highest BCUT2D eigenvalue weighted by molar-refractivity contribution is 9.10. The van der Waals surface area contributed by atoms with E-state index in [9.17, 15) is 13.2 Å². The molecule has 0 spiro atoms. The third-order valence-electron chi connectivity index (χ3n) is 1.16. The third kappa shape index (κ3) is 3.67. The third-order valence-corrected chi connectivity index (χ3v) is 1.62. The van der Waals surface area contributed by atoms with Crippen molar-refractivity contribution in [2.24, 2.45) is 0 Å². The van der Waals surface area contributed by atoms with Crippen molar-refractivity contribution in [2.75, 3.05) is 0 Å². The van der Waals surface area contributed by atoms with Gasteiger partial charge in [-0.1, -0.05) is 15.9 Å². The summed E-state index contributed by atoms with van der Waals surface area (Å²) in [5.74, 6) is -0.271. The van der Waals surface area contributed by atoms with E-state index in [1.165, 1.54) is 12.1 Å². The standard InChI is InChI=1S/C8H5BrF3O/c1-5-2-6(9)4-7(3-5)13-8(10,11)12/h2-4H,1H2. The summed E-state index contributed by atoms with van der Waals surface area (Å²) >= 11 is 3.03. The van der Waals surface area contributed by atoms with Gasteiger partial charge in [0.25, 0.3) is 0 Å². The number of hydrogen-bond donors (Lipinski definition) is 0. The molecular formula is C8H5BrF3O. The highest BCUT2D eigenvalue weighted by atomic mass is 79.9. The lowest BCUT2D eigenvalue weighted by atomic mass is 10.2. The predicted octanol–water partition coefficient (Wildman–Crippen LogP) is 3.53. The molecule has 0 heterocycles. The molecule has 1 radical (unpaired) electrons. The van der Waals surface area contributed by atoms with Gasteiger partial charge in [0.05, 0.1) is 0 Å². The van der Waals surface area contributed by atoms with Gasteiger partial charge in [-0.15, -0.1) is 13.2 Å². The van der Waals surface area contributed by atoms with Crippen molar-refractivity contribution >= 4 is 15.9 Å². The molecule has 0 aliphatic heterocycles. The zero-order chi connectivity index (χ0) is 10.1. The fraction of sp³-hybridized carbons (Fsp3) is 0.125. The van der Waals surface area contributed by atoms with Crippen molar-refractivity contribution in [3.63, 3.8) is 0 Å². The van der Waals surface area contributed by atoms with Gasteiger partial charge in [0, 0.05) is 4.47 Å². The molecule has 0 aromatic heterocycles. The van der Waals surface area contributed by atoms with Crippen LogP contribution < -0.4 is 4.74 Å². The SMILES string of the molecule is [CH2]c1cc(Br)cc(OC(F)(F)F)c1. The molecule has 0 N–H and O–H groups in total. The first kappa shape index (κ1) is 10.4. The predicted molar refractivity (Wildman–Crippen MR) is 45.3 cm³/mol. The average molecular weight is 254 g/mol. The minimum absolute atomic E-state index is 0.271. The van der Waals surface area contributed by atoms with E-state index in [0.29, 0.717) is 10.0 Å². The Hall–Kier alpha value is -0.710. The van der Waals surface area contributed by atoms with Crippen LogP contribution in [0.1, 0.15) is 5.56 Å². The van der Waals surface area contributed by atoms with Crippen molar-refractivity contribution in [1.29, 1.82) is 0 Å². The Morgan fingerprint density at radius 1 is 1.23 bits per heavy atom. The zero-order valence-electron chi connectivity index (χ0n) is 6.36. The van der Waals surface area contributed by atoms with Gasteiger partial charge in [-0.05, 0) is 30.7 Å². The Balaban J connectivity index is 2.90. The summed E-state index contributed by atoms with van der Waals surface area (Å²) in [6.45, 7) is 3.49. The molecule has 0 amide bonds. The molecule has 0 fully saturated rings. The lowest BCUT2D eigenvalue weighted by molar-refractivity contribution is -0.274. The van der Waals surface area contributed by atoms with Crippen LogP contribution in [0.4, 0.5) is 13.2 Å². The van der Waals surface area contributed by atoms with Crippen molar-refractivity contribution in [3.8, 4) is 5.75 Å². The molecule has 1 aromatic rings. The van der Waals surface area contributed by atoms with Crippen molar-refractivity contribution in [3.05, 3.63) is 35.2 Å². The summed E-state index contributed by atoms with van der Waals surface area (Å²) in [5.41, 5.74) is 0.452. The topological polar surface area (TPSA) is 9.23 Å². The lowest BCUT2D eigenvalue weighted by Gasteiger charge is -2.09. The van der Waals surface area contributed by atoms with Crippen LogP contribution in [-0.4, -0.2) is 6.36 Å². The van der Waals surface area contributed by atoms with Gasteiger partial charge in [-0.3, -0.25) is 0 Å². The summed E-state index contributed by atoms with van der Waals surface area (Å²) in [6, 6.07) is 4.02. The van der Waals surface area contributed by atoms with Gasteiger partial charge in [0.1, 0.15) is 5.75 Å². The smallest absolute Gasteiger partial charge is 0.406 e. The van der Waals surface area contributed by atoms with Crippen LogP contribution >= 0.6 is 15.9 Å². The number of rotatable bonds is 1. The maximum atomic E-state index is 11.7. The molecule has 5 heteroatoms. The van der Waals surface area contributed by atoms with E-state index < -0.39 is 6.36 Å². The number of halogens is 4. The Morgan fingerprint density at radius 2 is 1.85 bits per heavy atom. The minimum atomic E-state index is -4.66. The molecular weight excluding hydrogens is 249 g/mol. The molecule has 0 bridgehead atoms. The lowest BCUT2D eigenvalue weighted by Crippen LogP contribution is -2.17. The van der Waals surface area contributed by atoms with E-state index in [1.807, 2.05) is 0 Å². The molecule has 13 heavy (non-hydrogen) atoms. The van der Waals surface area contributed by atoms with Gasteiger partial charge >= 0.3 is 6.36 Å². The summed E-state index contributed by atoms with van der Waals surface area (Å²) in [7, 11) is 0. The second-order valence-electron chi connectivity index (χ2n) is 2.34. The van der Waals surface area contributed by atoms with Gasteiger partial charge < -0.3 is 4.74 Å². The largest absolute Gasteiger partial charge is 0.573 e. The Kier molecular flexibility index (Phi) is 2.85. The normalized spacial score (nSPS) is 11.5. The number of hydrogen-bond acceptors (Lipinski definition) is 1. The minimum Gasteiger partial charge on any atom is -0.406 e. The first-order valence-corrected chi connectivity index (χ1v) is 4.04. The summed E-state index contributed by atoms with van der Waals surface area (Å²) in [6.07, 6.45) is -4.66. The van der Waals surface area contributed by atoms with Crippen molar-refractivity contribution < 1.29 is 17.9 Å². The average Bonchev–Trinajstić information content (AvgIpc) is 1.78. The Labute approximate surface area is 81.6 Å². The fourth-order valence-electron chi connectivity index (χ4n) is 0.813. The Morgan fingerprint density at radius 3 is 2.31 bits per heavy atom. The number of alkyl halides is 3. The van der Waals surface area contributed by atoms with Gasteiger partial charge in [0.15, 0.2) is 0 Å². The monoisotopic (exact) mass is 253 g/mol. The van der Waals surface area contributed by atoms with Crippen LogP contribution in [0.5, 0.6) is 5.75 Å². The molecule has 0 unspecified atom stereocenters. The molecule has 1 rings (SSSR count). The maximum absolute atomic E-state index is 11.7. The highest BCUT2D eigenvalue weighted by Gasteiger charge is 2.31. The van der Waals surface area contributed by atoms with Crippen LogP contribution in [0, 0.1) is 6.92 Å². The molecule has 0 aliphatic carbocycles. The van der Waals surface area contributed by atoms with Crippen LogP contribution in [0.25, 0.3) is 0 Å². The second-order valence-corrected chi connectivity index (χ2v) is 3.26. The van der Waals surface area contributed by atoms with Crippen LogP contribution in [0.3, 0.4) is 0 Å². The van der Waals surface area contributed by atoms with Crippen LogP contribution in [0.15, 0.2) is 22.7 Å². The summed E-state index contributed by atoms with van der Waals surface area (Å²) in [5, 5.41) is 0. The van der Waals surface area contributed by atoms with Crippen molar-refractivity contribution in [2.45, 2.75) is 6.36 Å². The maximum Gasteiger partial charge on any atom is 0.573 e. The first-order valence-electron chi connectivity index (χ1n) is 3.25. The molecule has 0 aliphatic rings. The molecule has 0 atom stereocenters. The number of ether oxygens (including phenoxy) is 1. The van der Waals surface area contributed by atoms with Crippen LogP contribution in [0.2, 0.25) is 0 Å². The summed E-state index contributed by atoms with van der Waals surface area (Å²) < 4.78 is 39.4. The molecule has 0 saturated heterocycles. The molecule has 1 nitrogen and oxygen atoms in total. The van der Waals surface area contributed by atoms with E-state index in [-0.39, 0.29) is 5.75 Å². The first-order chi connectivity index (χ1) is 5.87. The van der Waals surface area contributed by atoms with E-state index in [4.69, 9.17) is 0 Å². The molecule has 0 saturated carbocycles. The van der Waals surface area contributed by atoms with Crippen molar-refractivity contribution in [1.82, 2.24) is 0 Å². The van der Waals surface area contributed by atoms with E-state index >= 15 is 0 Å². The molecule has 1 aromatic carbocycles. The number of benzene rings is 1. The van der Waals surface area contributed by atoms with E-state index in [0.717, 1.165) is 0 Å².